The molecule has 6 nitrogen and oxygen atoms in total. The van der Waals surface area contributed by atoms with Crippen LogP contribution in [0.5, 0.6) is 0 Å². The van der Waals surface area contributed by atoms with Gasteiger partial charge in [0.15, 0.2) is 0 Å². The Hall–Kier alpha value is -2.26. The van der Waals surface area contributed by atoms with E-state index in [0.29, 0.717) is 0 Å². The van der Waals surface area contributed by atoms with Crippen LogP contribution in [0.15, 0.2) is 76.2 Å². The zero-order valence-corrected chi connectivity index (χ0v) is 21.4. The van der Waals surface area contributed by atoms with Gasteiger partial charge in [0.25, 0.3) is 0 Å². The first kappa shape index (κ1) is 26.0. The van der Waals surface area contributed by atoms with Crippen molar-refractivity contribution in [2.45, 2.75) is 38.1 Å². The van der Waals surface area contributed by atoms with Gasteiger partial charge in [-0.1, -0.05) is 44.2 Å². The van der Waals surface area contributed by atoms with E-state index in [0.717, 1.165) is 33.1 Å². The summed E-state index contributed by atoms with van der Waals surface area (Å²) >= 11 is 5.05. The van der Waals surface area contributed by atoms with E-state index in [1.165, 1.54) is 17.5 Å². The lowest BCUT2D eigenvalue weighted by molar-refractivity contribution is 0.267. The van der Waals surface area contributed by atoms with Gasteiger partial charge in [-0.05, 0) is 77.1 Å². The number of hydrogen-bond acceptors (Lipinski definition) is 6. The highest BCUT2D eigenvalue weighted by Crippen LogP contribution is 2.26. The Morgan fingerprint density at radius 3 is 2.47 bits per heavy atom. The van der Waals surface area contributed by atoms with Crippen LogP contribution in [0, 0.1) is 0 Å². The third kappa shape index (κ3) is 7.70. The first-order valence-corrected chi connectivity index (χ1v) is 12.3. The SMILES string of the molecule is CC.CNc1c(Br)cnn1/C(=C\Cc1ccccc1)Nc1ccc(SNC(C)CO)cc1. The van der Waals surface area contributed by atoms with Crippen molar-refractivity contribution in [3.05, 3.63) is 76.9 Å². The number of halogens is 1. The van der Waals surface area contributed by atoms with Crippen LogP contribution in [0.1, 0.15) is 26.3 Å². The number of aliphatic hydroxyl groups is 1. The zero-order valence-electron chi connectivity index (χ0n) is 19.0. The Balaban J connectivity index is 0.00000176. The molecule has 0 amide bonds. The number of rotatable bonds is 10. The summed E-state index contributed by atoms with van der Waals surface area (Å²) in [5, 5.41) is 20.3. The Morgan fingerprint density at radius 1 is 1.16 bits per heavy atom. The van der Waals surface area contributed by atoms with Crippen LogP contribution in [-0.4, -0.2) is 34.6 Å². The Labute approximate surface area is 203 Å². The lowest BCUT2D eigenvalue weighted by atomic mass is 10.1. The van der Waals surface area contributed by atoms with E-state index >= 15 is 0 Å². The highest BCUT2D eigenvalue weighted by Gasteiger charge is 2.12. The topological polar surface area (TPSA) is 74.1 Å². The molecule has 0 aliphatic heterocycles. The number of benzene rings is 2. The average Bonchev–Trinajstić information content (AvgIpc) is 3.23. The molecule has 3 rings (SSSR count). The lowest BCUT2D eigenvalue weighted by Crippen LogP contribution is -2.22. The van der Waals surface area contributed by atoms with Gasteiger partial charge >= 0.3 is 0 Å². The van der Waals surface area contributed by atoms with Crippen LogP contribution in [0.3, 0.4) is 0 Å². The summed E-state index contributed by atoms with van der Waals surface area (Å²) in [6.45, 7) is 6.05. The quantitative estimate of drug-likeness (QED) is 0.253. The van der Waals surface area contributed by atoms with E-state index in [1.807, 2.05) is 75.0 Å². The molecular weight excluding hydrogens is 486 g/mol. The molecule has 2 aromatic carbocycles. The molecule has 1 unspecified atom stereocenters. The van der Waals surface area contributed by atoms with Crippen molar-refractivity contribution in [3.63, 3.8) is 0 Å². The first-order chi connectivity index (χ1) is 15.6. The fourth-order valence-corrected chi connectivity index (χ4v) is 3.86. The van der Waals surface area contributed by atoms with Gasteiger partial charge < -0.3 is 15.7 Å². The van der Waals surface area contributed by atoms with Crippen LogP contribution in [-0.2, 0) is 6.42 Å². The highest BCUT2D eigenvalue weighted by atomic mass is 79.9. The fourth-order valence-electron chi connectivity index (χ4n) is 2.72. The van der Waals surface area contributed by atoms with Crippen LogP contribution >= 0.6 is 27.9 Å². The van der Waals surface area contributed by atoms with Crippen molar-refractivity contribution in [2.24, 2.45) is 0 Å². The monoisotopic (exact) mass is 517 g/mol. The van der Waals surface area contributed by atoms with E-state index < -0.39 is 0 Å². The minimum Gasteiger partial charge on any atom is -0.395 e. The largest absolute Gasteiger partial charge is 0.395 e. The molecule has 1 aromatic heterocycles. The number of aromatic nitrogens is 2. The van der Waals surface area contributed by atoms with Gasteiger partial charge in [0.2, 0.25) is 0 Å². The molecule has 1 heterocycles. The average molecular weight is 519 g/mol. The number of anilines is 2. The Kier molecular flexibility index (Phi) is 11.4. The standard InChI is InChI=1S/C22H26BrN5OS.C2H6/c1-16(15-29)27-30-19-11-9-18(10-12-19)26-21(13-8-17-6-4-3-5-7-17)28-22(24-2)20(23)14-25-28;1-2/h3-7,9-14,16,24,26-27,29H,8,15H2,1-2H3;1-2H3/b21-13-;. The van der Waals surface area contributed by atoms with Crippen molar-refractivity contribution >= 4 is 45.2 Å². The van der Waals surface area contributed by atoms with Gasteiger partial charge in [0, 0.05) is 23.7 Å². The van der Waals surface area contributed by atoms with Crippen LogP contribution in [0.2, 0.25) is 0 Å². The maximum Gasteiger partial charge on any atom is 0.145 e. The molecule has 0 saturated carbocycles. The highest BCUT2D eigenvalue weighted by molar-refractivity contribution is 9.10. The molecule has 0 spiro atoms. The smallest absolute Gasteiger partial charge is 0.145 e. The number of allylic oxidation sites excluding steroid dienone is 1. The zero-order chi connectivity index (χ0) is 23.3. The second-order valence-corrected chi connectivity index (χ2v) is 8.50. The molecule has 0 bridgehead atoms. The molecule has 1 atom stereocenters. The molecule has 8 heteroatoms. The third-order valence-electron chi connectivity index (χ3n) is 4.34. The molecular formula is C24H32BrN5OS. The molecule has 0 fully saturated rings. The number of nitrogens with one attached hydrogen (secondary N) is 3. The molecule has 0 radical (unpaired) electrons. The van der Waals surface area contributed by atoms with Crippen molar-refractivity contribution in [1.82, 2.24) is 14.5 Å². The summed E-state index contributed by atoms with van der Waals surface area (Å²) in [7, 11) is 1.87. The predicted molar refractivity (Wildman–Crippen MR) is 141 cm³/mol. The first-order valence-electron chi connectivity index (χ1n) is 10.7. The molecule has 172 valence electrons. The molecule has 32 heavy (non-hydrogen) atoms. The molecule has 0 aliphatic carbocycles. The summed E-state index contributed by atoms with van der Waals surface area (Å²) in [5.74, 6) is 1.73. The Morgan fingerprint density at radius 2 is 1.84 bits per heavy atom. The van der Waals surface area contributed by atoms with Crippen LogP contribution in [0.25, 0.3) is 5.82 Å². The second-order valence-electron chi connectivity index (χ2n) is 6.73. The van der Waals surface area contributed by atoms with Gasteiger partial charge in [-0.15, -0.1) is 0 Å². The van der Waals surface area contributed by atoms with Gasteiger partial charge in [0.1, 0.15) is 11.6 Å². The minimum absolute atomic E-state index is 0.0403. The van der Waals surface area contributed by atoms with Gasteiger partial charge in [-0.3, -0.25) is 4.72 Å². The summed E-state index contributed by atoms with van der Waals surface area (Å²) < 4.78 is 5.94. The summed E-state index contributed by atoms with van der Waals surface area (Å²) in [5.41, 5.74) is 2.19. The molecule has 3 aromatic rings. The maximum absolute atomic E-state index is 9.13. The van der Waals surface area contributed by atoms with E-state index in [2.05, 4.69) is 54.6 Å². The summed E-state index contributed by atoms with van der Waals surface area (Å²) in [6.07, 6.45) is 4.68. The molecule has 0 saturated heterocycles. The Bertz CT molecular complexity index is 960. The minimum atomic E-state index is 0.0403. The second kappa shape index (κ2) is 14.0. The third-order valence-corrected chi connectivity index (χ3v) is 5.95. The van der Waals surface area contributed by atoms with Gasteiger partial charge in [0.05, 0.1) is 17.3 Å². The van der Waals surface area contributed by atoms with E-state index in [1.54, 1.807) is 6.20 Å². The van der Waals surface area contributed by atoms with E-state index in [9.17, 15) is 0 Å². The molecule has 4 N–H and O–H groups in total. The maximum atomic E-state index is 9.13. The van der Waals surface area contributed by atoms with Gasteiger partial charge in [-0.25, -0.2) is 4.68 Å². The fraction of sp³-hybridized carbons (Fsp3) is 0.292. The molecule has 0 aliphatic rings. The summed E-state index contributed by atoms with van der Waals surface area (Å²) in [4.78, 5) is 1.08. The summed E-state index contributed by atoms with van der Waals surface area (Å²) in [6, 6.07) is 18.5. The van der Waals surface area contributed by atoms with Gasteiger partial charge in [-0.2, -0.15) is 5.10 Å². The van der Waals surface area contributed by atoms with Crippen molar-refractivity contribution < 1.29 is 5.11 Å². The van der Waals surface area contributed by atoms with Crippen molar-refractivity contribution in [3.8, 4) is 0 Å². The van der Waals surface area contributed by atoms with Crippen molar-refractivity contribution in [2.75, 3.05) is 24.3 Å². The number of hydrogen-bond donors (Lipinski definition) is 4. The predicted octanol–water partition coefficient (Wildman–Crippen LogP) is 5.84. The number of nitrogens with zero attached hydrogens (tertiary/aromatic N) is 2. The van der Waals surface area contributed by atoms with Crippen LogP contribution in [0.4, 0.5) is 11.5 Å². The number of aliphatic hydroxyl groups excluding tert-OH is 1. The van der Waals surface area contributed by atoms with E-state index in [-0.39, 0.29) is 12.6 Å². The van der Waals surface area contributed by atoms with Crippen molar-refractivity contribution in [1.29, 1.82) is 0 Å². The van der Waals surface area contributed by atoms with Crippen LogP contribution < -0.4 is 15.4 Å². The lowest BCUT2D eigenvalue weighted by Gasteiger charge is -2.15. The van der Waals surface area contributed by atoms with E-state index in [4.69, 9.17) is 5.11 Å². The normalized spacial score (nSPS) is 12.0.